The van der Waals surface area contributed by atoms with E-state index in [1.165, 1.54) is 18.2 Å². The molecule has 1 heterocycles. The van der Waals surface area contributed by atoms with Crippen LogP contribution in [0.3, 0.4) is 0 Å². The number of rotatable bonds is 4. The SMILES string of the molecule is N#C/C(=C\c1cccc([N+](=O)[O-])c1)c1nc(-c2ccccc2)n[nH]1. The van der Waals surface area contributed by atoms with Crippen molar-refractivity contribution in [2.75, 3.05) is 0 Å². The summed E-state index contributed by atoms with van der Waals surface area (Å²) in [5.41, 5.74) is 1.57. The maximum atomic E-state index is 10.8. The van der Waals surface area contributed by atoms with Crippen LogP contribution < -0.4 is 0 Å². The summed E-state index contributed by atoms with van der Waals surface area (Å²) in [5.74, 6) is 0.786. The van der Waals surface area contributed by atoms with Crippen LogP contribution in [0.4, 0.5) is 5.69 Å². The van der Waals surface area contributed by atoms with Gasteiger partial charge in [-0.05, 0) is 11.6 Å². The normalized spacial score (nSPS) is 11.0. The molecule has 0 aliphatic rings. The van der Waals surface area contributed by atoms with E-state index in [0.29, 0.717) is 17.2 Å². The Morgan fingerprint density at radius 1 is 1.21 bits per heavy atom. The van der Waals surface area contributed by atoms with Gasteiger partial charge in [-0.3, -0.25) is 15.2 Å². The fourth-order valence-electron chi connectivity index (χ4n) is 2.15. The fourth-order valence-corrected chi connectivity index (χ4v) is 2.15. The molecule has 1 N–H and O–H groups in total. The van der Waals surface area contributed by atoms with E-state index in [2.05, 4.69) is 15.2 Å². The van der Waals surface area contributed by atoms with Crippen LogP contribution in [0.5, 0.6) is 0 Å². The molecule has 116 valence electrons. The number of aromatic amines is 1. The third-order valence-electron chi connectivity index (χ3n) is 3.29. The highest BCUT2D eigenvalue weighted by Gasteiger charge is 2.11. The minimum absolute atomic E-state index is 0.0383. The minimum Gasteiger partial charge on any atom is -0.258 e. The largest absolute Gasteiger partial charge is 0.270 e. The summed E-state index contributed by atoms with van der Waals surface area (Å²) in [6.45, 7) is 0. The van der Waals surface area contributed by atoms with Crippen LogP contribution >= 0.6 is 0 Å². The number of benzene rings is 2. The van der Waals surface area contributed by atoms with Gasteiger partial charge < -0.3 is 0 Å². The number of nitriles is 1. The number of aromatic nitrogens is 3. The van der Waals surface area contributed by atoms with Gasteiger partial charge in [0.25, 0.3) is 5.69 Å². The number of allylic oxidation sites excluding steroid dienone is 1. The van der Waals surface area contributed by atoms with Gasteiger partial charge in [0.15, 0.2) is 11.6 Å². The molecular weight excluding hydrogens is 306 g/mol. The fraction of sp³-hybridized carbons (Fsp3) is 0. The van der Waals surface area contributed by atoms with Crippen molar-refractivity contribution in [3.8, 4) is 17.5 Å². The number of nitro benzene ring substituents is 1. The number of non-ortho nitro benzene ring substituents is 1. The average molecular weight is 317 g/mol. The van der Waals surface area contributed by atoms with E-state index in [-0.39, 0.29) is 11.3 Å². The molecule has 24 heavy (non-hydrogen) atoms. The molecule has 7 nitrogen and oxygen atoms in total. The van der Waals surface area contributed by atoms with Crippen molar-refractivity contribution in [1.82, 2.24) is 15.2 Å². The quantitative estimate of drug-likeness (QED) is 0.450. The monoisotopic (exact) mass is 317 g/mol. The molecule has 0 fully saturated rings. The van der Waals surface area contributed by atoms with Crippen LogP contribution in [-0.2, 0) is 0 Å². The Balaban J connectivity index is 1.95. The number of H-pyrrole nitrogens is 1. The van der Waals surface area contributed by atoms with Crippen molar-refractivity contribution in [3.63, 3.8) is 0 Å². The van der Waals surface area contributed by atoms with Crippen molar-refractivity contribution in [2.24, 2.45) is 0 Å². The lowest BCUT2D eigenvalue weighted by molar-refractivity contribution is -0.384. The highest BCUT2D eigenvalue weighted by atomic mass is 16.6. The second kappa shape index (κ2) is 6.54. The first-order valence-corrected chi connectivity index (χ1v) is 7.02. The third kappa shape index (κ3) is 3.18. The predicted molar refractivity (Wildman–Crippen MR) is 88.4 cm³/mol. The van der Waals surface area contributed by atoms with Gasteiger partial charge in [-0.25, -0.2) is 4.98 Å². The van der Waals surface area contributed by atoms with Gasteiger partial charge in [-0.15, -0.1) is 0 Å². The molecule has 0 bridgehead atoms. The van der Waals surface area contributed by atoms with Crippen LogP contribution in [0.2, 0.25) is 0 Å². The van der Waals surface area contributed by atoms with E-state index in [9.17, 15) is 15.4 Å². The Hall–Kier alpha value is -3.79. The first kappa shape index (κ1) is 15.1. The number of hydrogen-bond acceptors (Lipinski definition) is 5. The molecule has 3 rings (SSSR count). The van der Waals surface area contributed by atoms with Crippen LogP contribution in [0.25, 0.3) is 23.0 Å². The van der Waals surface area contributed by atoms with Crippen molar-refractivity contribution in [3.05, 3.63) is 76.1 Å². The second-order valence-corrected chi connectivity index (χ2v) is 4.90. The van der Waals surface area contributed by atoms with E-state index < -0.39 is 4.92 Å². The molecule has 0 saturated heterocycles. The van der Waals surface area contributed by atoms with E-state index in [4.69, 9.17) is 0 Å². The summed E-state index contributed by atoms with van der Waals surface area (Å²) in [6, 6.07) is 17.4. The Morgan fingerprint density at radius 2 is 2.00 bits per heavy atom. The summed E-state index contributed by atoms with van der Waals surface area (Å²) in [5, 5.41) is 27.0. The Labute approximate surface area is 137 Å². The zero-order chi connectivity index (χ0) is 16.9. The van der Waals surface area contributed by atoms with E-state index in [1.807, 2.05) is 36.4 Å². The zero-order valence-electron chi connectivity index (χ0n) is 12.4. The highest BCUT2D eigenvalue weighted by Crippen LogP contribution is 2.20. The molecule has 7 heteroatoms. The number of hydrogen-bond donors (Lipinski definition) is 1. The van der Waals surface area contributed by atoms with Gasteiger partial charge >= 0.3 is 0 Å². The van der Waals surface area contributed by atoms with Crippen molar-refractivity contribution in [2.45, 2.75) is 0 Å². The molecule has 0 radical (unpaired) electrons. The number of nitrogens with zero attached hydrogens (tertiary/aromatic N) is 4. The molecule has 1 aromatic heterocycles. The molecule has 0 spiro atoms. The molecular formula is C17H11N5O2. The van der Waals surface area contributed by atoms with Gasteiger partial charge in [-0.1, -0.05) is 42.5 Å². The van der Waals surface area contributed by atoms with Crippen LogP contribution in [-0.4, -0.2) is 20.1 Å². The standard InChI is InChI=1S/C17H11N5O2/c18-11-14(9-12-5-4-8-15(10-12)22(23)24)17-19-16(20-21-17)13-6-2-1-3-7-13/h1-10H,(H,19,20,21)/b14-9+. The minimum atomic E-state index is -0.481. The molecule has 0 unspecified atom stereocenters. The van der Waals surface area contributed by atoms with E-state index in [0.717, 1.165) is 5.56 Å². The van der Waals surface area contributed by atoms with Crippen LogP contribution in [0, 0.1) is 21.4 Å². The van der Waals surface area contributed by atoms with Crippen LogP contribution in [0.15, 0.2) is 54.6 Å². The Kier molecular flexibility index (Phi) is 4.12. The molecule has 0 aliphatic heterocycles. The number of nitrogens with one attached hydrogen (secondary N) is 1. The van der Waals surface area contributed by atoms with Gasteiger partial charge in [-0.2, -0.15) is 10.4 Å². The molecule has 0 amide bonds. The van der Waals surface area contributed by atoms with Crippen molar-refractivity contribution < 1.29 is 4.92 Å². The summed E-state index contributed by atoms with van der Waals surface area (Å²) >= 11 is 0. The van der Waals surface area contributed by atoms with Gasteiger partial charge in [0, 0.05) is 17.7 Å². The lowest BCUT2D eigenvalue weighted by atomic mass is 10.1. The predicted octanol–water partition coefficient (Wildman–Crippen LogP) is 3.44. The maximum Gasteiger partial charge on any atom is 0.270 e. The second-order valence-electron chi connectivity index (χ2n) is 4.90. The lowest BCUT2D eigenvalue weighted by Gasteiger charge is -1.96. The third-order valence-corrected chi connectivity index (χ3v) is 3.29. The topological polar surface area (TPSA) is 108 Å². The smallest absolute Gasteiger partial charge is 0.258 e. The van der Waals surface area contributed by atoms with Gasteiger partial charge in [0.2, 0.25) is 0 Å². The van der Waals surface area contributed by atoms with E-state index in [1.54, 1.807) is 12.1 Å². The van der Waals surface area contributed by atoms with Crippen LogP contribution in [0.1, 0.15) is 11.4 Å². The molecule has 0 saturated carbocycles. The summed E-state index contributed by atoms with van der Waals surface area (Å²) in [7, 11) is 0. The number of nitro groups is 1. The van der Waals surface area contributed by atoms with Crippen molar-refractivity contribution in [1.29, 1.82) is 5.26 Å². The van der Waals surface area contributed by atoms with Crippen molar-refractivity contribution >= 4 is 17.3 Å². The van der Waals surface area contributed by atoms with E-state index >= 15 is 0 Å². The summed E-state index contributed by atoms with van der Waals surface area (Å²) < 4.78 is 0. The Bertz CT molecular complexity index is 954. The first-order valence-electron chi connectivity index (χ1n) is 7.02. The Morgan fingerprint density at radius 3 is 2.71 bits per heavy atom. The zero-order valence-corrected chi connectivity index (χ0v) is 12.4. The molecule has 0 atom stereocenters. The molecule has 2 aromatic carbocycles. The maximum absolute atomic E-state index is 10.8. The van der Waals surface area contributed by atoms with Gasteiger partial charge in [0.05, 0.1) is 10.5 Å². The average Bonchev–Trinajstić information content (AvgIpc) is 3.10. The summed E-state index contributed by atoms with van der Waals surface area (Å²) in [6.07, 6.45) is 1.53. The first-order chi connectivity index (χ1) is 11.7. The lowest BCUT2D eigenvalue weighted by Crippen LogP contribution is -1.89. The summed E-state index contributed by atoms with van der Waals surface area (Å²) in [4.78, 5) is 14.7. The van der Waals surface area contributed by atoms with Gasteiger partial charge in [0.1, 0.15) is 6.07 Å². The molecule has 3 aromatic rings. The molecule has 0 aliphatic carbocycles. The highest BCUT2D eigenvalue weighted by molar-refractivity contribution is 5.87.